The van der Waals surface area contributed by atoms with Crippen LogP contribution in [0.4, 0.5) is 0 Å². The van der Waals surface area contributed by atoms with Gasteiger partial charge in [-0.2, -0.15) is 0 Å². The third-order valence-electron chi connectivity index (χ3n) is 3.94. The van der Waals surface area contributed by atoms with Crippen LogP contribution in [0.15, 0.2) is 23.8 Å². The van der Waals surface area contributed by atoms with Crippen LogP contribution in [0.5, 0.6) is 17.2 Å². The molecule has 0 spiro atoms. The maximum Gasteiger partial charge on any atom is 0.224 e. The lowest BCUT2D eigenvalue weighted by molar-refractivity contribution is -0.120. The fourth-order valence-corrected chi connectivity index (χ4v) is 2.80. The molecule has 1 aliphatic heterocycles. The first kappa shape index (κ1) is 14.8. The molecule has 1 amide bonds. The van der Waals surface area contributed by atoms with Crippen molar-refractivity contribution in [1.82, 2.24) is 5.32 Å². The zero-order valence-electron chi connectivity index (χ0n) is 12.8. The first-order valence-electron chi connectivity index (χ1n) is 7.67. The van der Waals surface area contributed by atoms with Crippen LogP contribution < -0.4 is 19.5 Å². The second-order valence-electron chi connectivity index (χ2n) is 5.52. The van der Waals surface area contributed by atoms with E-state index >= 15 is 0 Å². The molecule has 2 aliphatic rings. The highest BCUT2D eigenvalue weighted by Gasteiger charge is 2.17. The average Bonchev–Trinajstić information content (AvgIpc) is 3.04. The van der Waals surface area contributed by atoms with Gasteiger partial charge in [0.15, 0.2) is 11.5 Å². The van der Waals surface area contributed by atoms with E-state index in [1.54, 1.807) is 7.11 Å². The maximum absolute atomic E-state index is 12.0. The largest absolute Gasteiger partial charge is 0.496 e. The smallest absolute Gasteiger partial charge is 0.224 e. The summed E-state index contributed by atoms with van der Waals surface area (Å²) in [6, 6.07) is 3.69. The van der Waals surface area contributed by atoms with E-state index in [2.05, 4.69) is 11.4 Å². The van der Waals surface area contributed by atoms with Gasteiger partial charge in [-0.05, 0) is 25.3 Å². The molecule has 3 rings (SSSR count). The number of carbonyl (C=O) groups excluding carboxylic acids is 1. The number of hydrogen-bond donors (Lipinski definition) is 1. The van der Waals surface area contributed by atoms with Gasteiger partial charge in [0, 0.05) is 24.6 Å². The van der Waals surface area contributed by atoms with Gasteiger partial charge in [-0.3, -0.25) is 4.79 Å². The molecule has 0 radical (unpaired) electrons. The third kappa shape index (κ3) is 3.35. The summed E-state index contributed by atoms with van der Waals surface area (Å²) >= 11 is 0. The van der Waals surface area contributed by atoms with Crippen molar-refractivity contribution in [1.29, 1.82) is 0 Å². The fraction of sp³-hybridized carbons (Fsp3) is 0.471. The van der Waals surface area contributed by atoms with Crippen molar-refractivity contribution in [2.75, 3.05) is 20.3 Å². The minimum atomic E-state index is 0.0464. The van der Waals surface area contributed by atoms with Gasteiger partial charge in [-0.15, -0.1) is 0 Å². The Bertz CT molecular complexity index is 595. The molecule has 0 unspecified atom stereocenters. The summed E-state index contributed by atoms with van der Waals surface area (Å²) in [4.78, 5) is 12.0. The number of methoxy groups -OCH3 is 1. The quantitative estimate of drug-likeness (QED) is 0.850. The Hall–Kier alpha value is -2.17. The summed E-state index contributed by atoms with van der Waals surface area (Å²) in [5.74, 6) is 2.14. The number of rotatable bonds is 5. The molecule has 0 aromatic heterocycles. The summed E-state index contributed by atoms with van der Waals surface area (Å²) in [7, 11) is 1.61. The van der Waals surface area contributed by atoms with Crippen LogP contribution in [-0.2, 0) is 11.3 Å². The van der Waals surface area contributed by atoms with Crippen molar-refractivity contribution in [3.05, 3.63) is 29.3 Å². The third-order valence-corrected chi connectivity index (χ3v) is 3.94. The Kier molecular flexibility index (Phi) is 4.51. The number of fused-ring (bicyclic) bond motifs is 1. The van der Waals surface area contributed by atoms with Crippen molar-refractivity contribution in [2.45, 2.75) is 32.2 Å². The van der Waals surface area contributed by atoms with Gasteiger partial charge in [0.25, 0.3) is 0 Å². The van der Waals surface area contributed by atoms with Gasteiger partial charge in [-0.25, -0.2) is 0 Å². The van der Waals surface area contributed by atoms with Gasteiger partial charge in [0.1, 0.15) is 19.0 Å². The minimum Gasteiger partial charge on any atom is -0.496 e. The van der Waals surface area contributed by atoms with Gasteiger partial charge in [-0.1, -0.05) is 11.6 Å². The van der Waals surface area contributed by atoms with Crippen LogP contribution >= 0.6 is 0 Å². The summed E-state index contributed by atoms with van der Waals surface area (Å²) in [6.45, 7) is 1.51. The molecule has 0 saturated carbocycles. The van der Waals surface area contributed by atoms with Gasteiger partial charge >= 0.3 is 0 Å². The van der Waals surface area contributed by atoms with Crippen molar-refractivity contribution >= 4 is 5.91 Å². The van der Waals surface area contributed by atoms with Crippen LogP contribution in [0.1, 0.15) is 31.2 Å². The zero-order valence-corrected chi connectivity index (χ0v) is 12.8. The highest BCUT2D eigenvalue weighted by Crippen LogP contribution is 2.36. The molecular weight excluding hydrogens is 282 g/mol. The highest BCUT2D eigenvalue weighted by atomic mass is 16.6. The highest BCUT2D eigenvalue weighted by molar-refractivity contribution is 5.78. The molecule has 5 heteroatoms. The molecule has 1 aromatic rings. The SMILES string of the molecule is COc1cc2c(cc1CNC(=O)CC1=CCCC1)OCCO2. The molecule has 0 bridgehead atoms. The number of carbonyl (C=O) groups is 1. The molecule has 0 atom stereocenters. The first-order valence-corrected chi connectivity index (χ1v) is 7.67. The molecule has 5 nitrogen and oxygen atoms in total. The Morgan fingerprint density at radius 3 is 2.73 bits per heavy atom. The average molecular weight is 303 g/mol. The van der Waals surface area contributed by atoms with E-state index in [1.165, 1.54) is 12.0 Å². The number of hydrogen-bond acceptors (Lipinski definition) is 4. The normalized spacial score (nSPS) is 16.1. The van der Waals surface area contributed by atoms with Crippen molar-refractivity contribution in [3.8, 4) is 17.2 Å². The molecule has 0 fully saturated rings. The second kappa shape index (κ2) is 6.73. The Labute approximate surface area is 130 Å². The minimum absolute atomic E-state index is 0.0464. The zero-order chi connectivity index (χ0) is 15.4. The number of ether oxygens (including phenoxy) is 3. The molecule has 1 aliphatic carbocycles. The maximum atomic E-state index is 12.0. The number of allylic oxidation sites excluding steroid dienone is 1. The van der Waals surface area contributed by atoms with Gasteiger partial charge < -0.3 is 19.5 Å². The van der Waals surface area contributed by atoms with E-state index in [0.717, 1.165) is 18.4 Å². The van der Waals surface area contributed by atoms with E-state index in [0.29, 0.717) is 43.4 Å². The predicted octanol–water partition coefficient (Wildman–Crippen LogP) is 2.58. The molecule has 118 valence electrons. The molecule has 1 N–H and O–H groups in total. The number of benzene rings is 1. The van der Waals surface area contributed by atoms with E-state index in [1.807, 2.05) is 12.1 Å². The van der Waals surface area contributed by atoms with Crippen molar-refractivity contribution in [3.63, 3.8) is 0 Å². The Balaban J connectivity index is 1.64. The predicted molar refractivity (Wildman–Crippen MR) is 82.4 cm³/mol. The van der Waals surface area contributed by atoms with Gasteiger partial charge in [0.2, 0.25) is 5.91 Å². The van der Waals surface area contributed by atoms with Gasteiger partial charge in [0.05, 0.1) is 7.11 Å². The number of amides is 1. The van der Waals surface area contributed by atoms with E-state index in [9.17, 15) is 4.79 Å². The monoisotopic (exact) mass is 303 g/mol. The van der Waals surface area contributed by atoms with Crippen LogP contribution in [0.25, 0.3) is 0 Å². The standard InChI is InChI=1S/C17H21NO4/c1-20-14-10-16-15(21-6-7-22-16)9-13(14)11-18-17(19)8-12-4-2-3-5-12/h4,9-10H,2-3,5-8,11H2,1H3,(H,18,19). The van der Waals surface area contributed by atoms with Crippen molar-refractivity contribution in [2.24, 2.45) is 0 Å². The summed E-state index contributed by atoms with van der Waals surface area (Å²) < 4.78 is 16.5. The van der Waals surface area contributed by atoms with Crippen LogP contribution in [0.3, 0.4) is 0 Å². The first-order chi connectivity index (χ1) is 10.8. The molecule has 22 heavy (non-hydrogen) atoms. The molecule has 0 saturated heterocycles. The molecule has 1 heterocycles. The van der Waals surface area contributed by atoms with Crippen LogP contribution in [0, 0.1) is 0 Å². The van der Waals surface area contributed by atoms with E-state index in [4.69, 9.17) is 14.2 Å². The van der Waals surface area contributed by atoms with Crippen LogP contribution in [-0.4, -0.2) is 26.2 Å². The lowest BCUT2D eigenvalue weighted by atomic mass is 10.1. The topological polar surface area (TPSA) is 56.8 Å². The lowest BCUT2D eigenvalue weighted by Gasteiger charge is -2.21. The fourth-order valence-electron chi connectivity index (χ4n) is 2.80. The second-order valence-corrected chi connectivity index (χ2v) is 5.52. The van der Waals surface area contributed by atoms with E-state index < -0.39 is 0 Å². The Morgan fingerprint density at radius 1 is 1.27 bits per heavy atom. The summed E-state index contributed by atoms with van der Waals surface area (Å²) in [6.07, 6.45) is 5.97. The lowest BCUT2D eigenvalue weighted by Crippen LogP contribution is -2.23. The summed E-state index contributed by atoms with van der Waals surface area (Å²) in [5, 5.41) is 2.95. The number of nitrogens with one attached hydrogen (secondary N) is 1. The van der Waals surface area contributed by atoms with Crippen LogP contribution in [0.2, 0.25) is 0 Å². The molecule has 1 aromatic carbocycles. The van der Waals surface area contributed by atoms with Crippen molar-refractivity contribution < 1.29 is 19.0 Å². The van der Waals surface area contributed by atoms with E-state index in [-0.39, 0.29) is 5.91 Å². The summed E-state index contributed by atoms with van der Waals surface area (Å²) in [5.41, 5.74) is 2.13. The molecular formula is C17H21NO4. The Morgan fingerprint density at radius 2 is 2.05 bits per heavy atom.